The first-order valence-electron chi connectivity index (χ1n) is 6.62. The van der Waals surface area contributed by atoms with E-state index in [0.717, 1.165) is 44.1 Å². The molecule has 1 saturated carbocycles. The summed E-state index contributed by atoms with van der Waals surface area (Å²) in [6, 6.07) is 5.25. The van der Waals surface area contributed by atoms with Gasteiger partial charge in [-0.15, -0.1) is 0 Å². The van der Waals surface area contributed by atoms with E-state index in [2.05, 4.69) is 0 Å². The van der Waals surface area contributed by atoms with Crippen LogP contribution in [0.1, 0.15) is 44.1 Å². The first-order valence-corrected chi connectivity index (χ1v) is 8.16. The molecule has 0 bridgehead atoms. The topological polar surface area (TPSA) is 60.2 Å². The highest BCUT2D eigenvalue weighted by Crippen LogP contribution is 2.30. The Bertz CT molecular complexity index is 515. The number of sulfone groups is 1. The quantitative estimate of drug-likeness (QED) is 0.661. The largest absolute Gasteiger partial charge is 0.398 e. The minimum Gasteiger partial charge on any atom is -0.398 e. The molecule has 0 aromatic heterocycles. The summed E-state index contributed by atoms with van der Waals surface area (Å²) in [7, 11) is -3.26. The molecule has 3 nitrogen and oxygen atoms in total. The number of hydrogen-bond acceptors (Lipinski definition) is 3. The standard InChI is InChI=1S/C14H21NO2S/c1-11-8-9-13(15)14(10-11)18(16,17)12-6-4-2-3-5-7-12/h8-10,12H,2-7,15H2,1H3. The lowest BCUT2D eigenvalue weighted by atomic mass is 10.2. The molecule has 100 valence electrons. The Hall–Kier alpha value is -1.03. The molecule has 1 aliphatic carbocycles. The zero-order valence-corrected chi connectivity index (χ0v) is 11.7. The molecule has 1 aromatic carbocycles. The molecular weight excluding hydrogens is 246 g/mol. The molecule has 0 aliphatic heterocycles. The average Bonchev–Trinajstić information content (AvgIpc) is 2.61. The lowest BCUT2D eigenvalue weighted by Gasteiger charge is -2.17. The number of aryl methyl sites for hydroxylation is 1. The van der Waals surface area contributed by atoms with Crippen LogP contribution in [0.4, 0.5) is 5.69 Å². The summed E-state index contributed by atoms with van der Waals surface area (Å²) < 4.78 is 25.3. The summed E-state index contributed by atoms with van der Waals surface area (Å²) >= 11 is 0. The van der Waals surface area contributed by atoms with Gasteiger partial charge in [-0.25, -0.2) is 8.42 Å². The number of hydrogen-bond donors (Lipinski definition) is 1. The monoisotopic (exact) mass is 267 g/mol. The third-order valence-corrected chi connectivity index (χ3v) is 6.03. The number of nitrogens with two attached hydrogens (primary N) is 1. The van der Waals surface area contributed by atoms with Crippen LogP contribution in [-0.4, -0.2) is 13.7 Å². The van der Waals surface area contributed by atoms with Crippen molar-refractivity contribution in [3.8, 4) is 0 Å². The Labute approximate surface area is 109 Å². The second-order valence-electron chi connectivity index (χ2n) is 5.20. The van der Waals surface area contributed by atoms with Crippen LogP contribution in [0.5, 0.6) is 0 Å². The van der Waals surface area contributed by atoms with E-state index in [9.17, 15) is 8.42 Å². The molecule has 1 fully saturated rings. The van der Waals surface area contributed by atoms with Crippen molar-refractivity contribution in [2.24, 2.45) is 0 Å². The first kappa shape index (κ1) is 13.4. The number of nitrogen functional groups attached to an aromatic ring is 1. The Morgan fingerprint density at radius 3 is 2.33 bits per heavy atom. The lowest BCUT2D eigenvalue weighted by Crippen LogP contribution is -2.22. The predicted octanol–water partition coefficient (Wildman–Crippen LogP) is 3.07. The van der Waals surface area contributed by atoms with Gasteiger partial charge in [0.2, 0.25) is 0 Å². The zero-order valence-electron chi connectivity index (χ0n) is 10.9. The van der Waals surface area contributed by atoms with Gasteiger partial charge in [-0.2, -0.15) is 0 Å². The van der Waals surface area contributed by atoms with Gasteiger partial charge in [0.1, 0.15) is 0 Å². The van der Waals surface area contributed by atoms with Crippen LogP contribution >= 0.6 is 0 Å². The lowest BCUT2D eigenvalue weighted by molar-refractivity contribution is 0.563. The van der Waals surface area contributed by atoms with E-state index < -0.39 is 9.84 Å². The fraction of sp³-hybridized carbons (Fsp3) is 0.571. The van der Waals surface area contributed by atoms with Gasteiger partial charge in [0.05, 0.1) is 15.8 Å². The van der Waals surface area contributed by atoms with Crippen LogP contribution in [-0.2, 0) is 9.84 Å². The van der Waals surface area contributed by atoms with Crippen LogP contribution in [0.2, 0.25) is 0 Å². The molecule has 0 unspecified atom stereocenters. The summed E-state index contributed by atoms with van der Waals surface area (Å²) in [6.07, 6.45) is 5.86. The molecule has 2 N–H and O–H groups in total. The summed E-state index contributed by atoms with van der Waals surface area (Å²) in [5.41, 5.74) is 7.16. The number of anilines is 1. The van der Waals surface area contributed by atoms with Crippen LogP contribution in [0.25, 0.3) is 0 Å². The van der Waals surface area contributed by atoms with Crippen molar-refractivity contribution in [3.63, 3.8) is 0 Å². The Kier molecular flexibility index (Phi) is 3.95. The van der Waals surface area contributed by atoms with E-state index >= 15 is 0 Å². The average molecular weight is 267 g/mol. The Balaban J connectivity index is 2.37. The minimum atomic E-state index is -3.26. The normalized spacial score (nSPS) is 18.5. The molecule has 0 saturated heterocycles. The van der Waals surface area contributed by atoms with Crippen molar-refractivity contribution in [3.05, 3.63) is 23.8 Å². The number of benzene rings is 1. The second-order valence-corrected chi connectivity index (χ2v) is 7.40. The maximum Gasteiger partial charge on any atom is 0.183 e. The highest BCUT2D eigenvalue weighted by molar-refractivity contribution is 7.92. The molecule has 0 heterocycles. The first-order chi connectivity index (χ1) is 8.51. The molecule has 2 rings (SSSR count). The Morgan fingerprint density at radius 1 is 1.11 bits per heavy atom. The maximum absolute atomic E-state index is 12.6. The van der Waals surface area contributed by atoms with Crippen molar-refractivity contribution in [1.82, 2.24) is 0 Å². The van der Waals surface area contributed by atoms with Crippen molar-refractivity contribution in [2.75, 3.05) is 5.73 Å². The Morgan fingerprint density at radius 2 is 1.72 bits per heavy atom. The van der Waals surface area contributed by atoms with E-state index in [0.29, 0.717) is 10.6 Å². The minimum absolute atomic E-state index is 0.246. The molecule has 0 atom stereocenters. The van der Waals surface area contributed by atoms with Crippen molar-refractivity contribution in [1.29, 1.82) is 0 Å². The zero-order chi connectivity index (χ0) is 13.2. The molecule has 0 amide bonds. The van der Waals surface area contributed by atoms with E-state index in [1.54, 1.807) is 12.1 Å². The highest BCUT2D eigenvalue weighted by Gasteiger charge is 2.29. The van der Waals surface area contributed by atoms with E-state index in [1.807, 2.05) is 13.0 Å². The van der Waals surface area contributed by atoms with Gasteiger partial charge >= 0.3 is 0 Å². The molecule has 18 heavy (non-hydrogen) atoms. The van der Waals surface area contributed by atoms with Crippen molar-refractivity contribution >= 4 is 15.5 Å². The molecule has 0 spiro atoms. The van der Waals surface area contributed by atoms with Crippen LogP contribution < -0.4 is 5.73 Å². The molecular formula is C14H21NO2S. The van der Waals surface area contributed by atoms with Gasteiger partial charge in [0, 0.05) is 0 Å². The molecule has 1 aliphatic rings. The van der Waals surface area contributed by atoms with E-state index in [4.69, 9.17) is 5.73 Å². The van der Waals surface area contributed by atoms with Crippen LogP contribution in [0, 0.1) is 6.92 Å². The van der Waals surface area contributed by atoms with Gasteiger partial charge in [-0.05, 0) is 37.5 Å². The summed E-state index contributed by atoms with van der Waals surface area (Å²) in [5.74, 6) is 0. The number of rotatable bonds is 2. The smallest absolute Gasteiger partial charge is 0.183 e. The van der Waals surface area contributed by atoms with Gasteiger partial charge in [0.15, 0.2) is 9.84 Å². The van der Waals surface area contributed by atoms with E-state index in [1.165, 1.54) is 0 Å². The van der Waals surface area contributed by atoms with Gasteiger partial charge in [-0.3, -0.25) is 0 Å². The maximum atomic E-state index is 12.6. The van der Waals surface area contributed by atoms with Crippen LogP contribution in [0.15, 0.2) is 23.1 Å². The molecule has 4 heteroatoms. The van der Waals surface area contributed by atoms with Crippen LogP contribution in [0.3, 0.4) is 0 Å². The molecule has 0 radical (unpaired) electrons. The highest BCUT2D eigenvalue weighted by atomic mass is 32.2. The summed E-state index contributed by atoms with van der Waals surface area (Å²) in [5, 5.41) is -0.246. The van der Waals surface area contributed by atoms with Crippen molar-refractivity contribution in [2.45, 2.75) is 55.6 Å². The van der Waals surface area contributed by atoms with E-state index in [-0.39, 0.29) is 5.25 Å². The second kappa shape index (κ2) is 5.31. The molecule has 1 aromatic rings. The third kappa shape index (κ3) is 2.69. The fourth-order valence-electron chi connectivity index (χ4n) is 2.62. The van der Waals surface area contributed by atoms with Crippen molar-refractivity contribution < 1.29 is 8.42 Å². The van der Waals surface area contributed by atoms with Gasteiger partial charge < -0.3 is 5.73 Å². The van der Waals surface area contributed by atoms with Gasteiger partial charge in [-0.1, -0.05) is 31.7 Å². The summed E-state index contributed by atoms with van der Waals surface area (Å²) in [4.78, 5) is 0.328. The summed E-state index contributed by atoms with van der Waals surface area (Å²) in [6.45, 7) is 1.89. The SMILES string of the molecule is Cc1ccc(N)c(S(=O)(=O)C2CCCCCC2)c1. The third-order valence-electron chi connectivity index (χ3n) is 3.72. The predicted molar refractivity (Wildman–Crippen MR) is 74.3 cm³/mol. The van der Waals surface area contributed by atoms with Gasteiger partial charge in [0.25, 0.3) is 0 Å². The fourth-order valence-corrected chi connectivity index (χ4v) is 4.68.